The summed E-state index contributed by atoms with van der Waals surface area (Å²) in [5.74, 6) is 0.889. The molecule has 0 saturated heterocycles. The minimum absolute atomic E-state index is 0.0259. The van der Waals surface area contributed by atoms with Gasteiger partial charge in [-0.25, -0.2) is 4.99 Å². The zero-order chi connectivity index (χ0) is 18.6. The van der Waals surface area contributed by atoms with Crippen LogP contribution in [0, 0.1) is 0 Å². The summed E-state index contributed by atoms with van der Waals surface area (Å²) in [7, 11) is 0. The van der Waals surface area contributed by atoms with Crippen LogP contribution >= 0.6 is 15.9 Å². The van der Waals surface area contributed by atoms with Gasteiger partial charge in [-0.3, -0.25) is 4.98 Å². The lowest BCUT2D eigenvalue weighted by molar-refractivity contribution is 0.254. The van der Waals surface area contributed by atoms with Gasteiger partial charge in [-0.2, -0.15) is 0 Å². The lowest BCUT2D eigenvalue weighted by Crippen LogP contribution is -2.39. The molecule has 1 aliphatic rings. The molecule has 5 heteroatoms. The SMILES string of the molecule is OCCCN1C(c2cccnc2)=Nc2ccc(Br)cc2C1c1ccccc1. The highest BCUT2D eigenvalue weighted by Crippen LogP contribution is 2.41. The first-order chi connectivity index (χ1) is 13.3. The Morgan fingerprint density at radius 2 is 1.89 bits per heavy atom. The maximum atomic E-state index is 9.46. The summed E-state index contributed by atoms with van der Waals surface area (Å²) in [6.07, 6.45) is 4.29. The normalized spacial score (nSPS) is 16.0. The van der Waals surface area contributed by atoms with Crippen LogP contribution in [0.5, 0.6) is 0 Å². The first-order valence-electron chi connectivity index (χ1n) is 8.99. The van der Waals surface area contributed by atoms with Crippen molar-refractivity contribution in [2.24, 2.45) is 4.99 Å². The van der Waals surface area contributed by atoms with Crippen molar-refractivity contribution < 1.29 is 5.11 Å². The van der Waals surface area contributed by atoms with Crippen LogP contribution in [0.15, 0.2) is 82.5 Å². The third-order valence-corrected chi connectivity index (χ3v) is 5.18. The molecule has 27 heavy (non-hydrogen) atoms. The van der Waals surface area contributed by atoms with Gasteiger partial charge in [0.1, 0.15) is 5.84 Å². The highest BCUT2D eigenvalue weighted by atomic mass is 79.9. The molecule has 2 heterocycles. The Hall–Kier alpha value is -2.50. The molecule has 1 aliphatic heterocycles. The number of rotatable bonds is 5. The zero-order valence-corrected chi connectivity index (χ0v) is 16.4. The van der Waals surface area contributed by atoms with Crippen molar-refractivity contribution in [3.63, 3.8) is 0 Å². The minimum Gasteiger partial charge on any atom is -0.396 e. The van der Waals surface area contributed by atoms with E-state index in [1.165, 1.54) is 5.56 Å². The zero-order valence-electron chi connectivity index (χ0n) is 14.8. The molecule has 4 rings (SSSR count). The van der Waals surface area contributed by atoms with Crippen LogP contribution in [-0.2, 0) is 0 Å². The average molecular weight is 422 g/mol. The molecule has 0 saturated carbocycles. The third kappa shape index (κ3) is 3.66. The van der Waals surface area contributed by atoms with Gasteiger partial charge in [-0.15, -0.1) is 0 Å². The van der Waals surface area contributed by atoms with Crippen LogP contribution in [0.25, 0.3) is 0 Å². The first kappa shape index (κ1) is 17.9. The van der Waals surface area contributed by atoms with Crippen LogP contribution in [0.3, 0.4) is 0 Å². The second kappa shape index (κ2) is 8.03. The maximum Gasteiger partial charge on any atom is 0.138 e. The number of halogens is 1. The fourth-order valence-corrected chi connectivity index (χ4v) is 3.89. The van der Waals surface area contributed by atoms with E-state index in [1.807, 2.05) is 30.5 Å². The molecule has 0 spiro atoms. The van der Waals surface area contributed by atoms with E-state index in [9.17, 15) is 5.11 Å². The van der Waals surface area contributed by atoms with Crippen LogP contribution in [0.4, 0.5) is 5.69 Å². The number of aliphatic imine (C=N–C) groups is 1. The quantitative estimate of drug-likeness (QED) is 0.648. The average Bonchev–Trinajstić information content (AvgIpc) is 2.72. The number of aliphatic hydroxyl groups excluding tert-OH is 1. The number of aromatic nitrogens is 1. The van der Waals surface area contributed by atoms with E-state index in [2.05, 4.69) is 62.2 Å². The van der Waals surface area contributed by atoms with Gasteiger partial charge in [-0.1, -0.05) is 46.3 Å². The Labute approximate surface area is 167 Å². The van der Waals surface area contributed by atoms with Crippen LogP contribution in [-0.4, -0.2) is 34.0 Å². The molecule has 1 atom stereocenters. The van der Waals surface area contributed by atoms with E-state index in [0.717, 1.165) is 27.1 Å². The van der Waals surface area contributed by atoms with Crippen molar-refractivity contribution in [2.75, 3.05) is 13.2 Å². The monoisotopic (exact) mass is 421 g/mol. The van der Waals surface area contributed by atoms with Crippen LogP contribution < -0.4 is 0 Å². The van der Waals surface area contributed by atoms with Gasteiger partial charge >= 0.3 is 0 Å². The van der Waals surface area contributed by atoms with E-state index in [0.29, 0.717) is 13.0 Å². The molecule has 136 valence electrons. The number of fused-ring (bicyclic) bond motifs is 1. The van der Waals surface area contributed by atoms with Gasteiger partial charge in [0.05, 0.1) is 11.7 Å². The molecule has 4 nitrogen and oxygen atoms in total. The third-order valence-electron chi connectivity index (χ3n) is 4.69. The van der Waals surface area contributed by atoms with E-state index < -0.39 is 0 Å². The van der Waals surface area contributed by atoms with Crippen molar-refractivity contribution in [2.45, 2.75) is 12.5 Å². The van der Waals surface area contributed by atoms with Crippen LogP contribution in [0.1, 0.15) is 29.2 Å². The van der Waals surface area contributed by atoms with E-state index >= 15 is 0 Å². The van der Waals surface area contributed by atoms with Crippen molar-refractivity contribution in [1.82, 2.24) is 9.88 Å². The molecule has 1 N–H and O–H groups in total. The number of nitrogens with zero attached hydrogens (tertiary/aromatic N) is 3. The molecule has 0 bridgehead atoms. The second-order valence-corrected chi connectivity index (χ2v) is 7.38. The molecule has 0 aliphatic carbocycles. The van der Waals surface area contributed by atoms with Gasteiger partial charge in [0, 0.05) is 41.1 Å². The number of benzene rings is 2. The molecular formula is C22H20BrN3O. The molecule has 0 radical (unpaired) electrons. The summed E-state index contributed by atoms with van der Waals surface area (Å²) >= 11 is 3.61. The number of amidine groups is 1. The van der Waals surface area contributed by atoms with Gasteiger partial charge < -0.3 is 10.0 Å². The highest BCUT2D eigenvalue weighted by molar-refractivity contribution is 9.10. The van der Waals surface area contributed by atoms with Crippen LogP contribution in [0.2, 0.25) is 0 Å². The number of aliphatic hydroxyl groups is 1. The maximum absolute atomic E-state index is 9.46. The summed E-state index contributed by atoms with van der Waals surface area (Å²) < 4.78 is 1.03. The number of hydrogen-bond acceptors (Lipinski definition) is 4. The van der Waals surface area contributed by atoms with Gasteiger partial charge in [0.25, 0.3) is 0 Å². The molecule has 0 fully saturated rings. The fourth-order valence-electron chi connectivity index (χ4n) is 3.51. The largest absolute Gasteiger partial charge is 0.396 e. The van der Waals surface area contributed by atoms with E-state index in [1.54, 1.807) is 6.20 Å². The summed E-state index contributed by atoms with van der Waals surface area (Å²) in [6.45, 7) is 0.847. The second-order valence-electron chi connectivity index (χ2n) is 6.46. The molecule has 1 unspecified atom stereocenters. The van der Waals surface area contributed by atoms with Gasteiger partial charge in [0.2, 0.25) is 0 Å². The van der Waals surface area contributed by atoms with E-state index in [4.69, 9.17) is 4.99 Å². The van der Waals surface area contributed by atoms with Crippen molar-refractivity contribution in [3.8, 4) is 0 Å². The molecule has 0 amide bonds. The Balaban J connectivity index is 1.92. The topological polar surface area (TPSA) is 48.7 Å². The molecule has 2 aromatic carbocycles. The van der Waals surface area contributed by atoms with Crippen molar-refractivity contribution >= 4 is 27.5 Å². The molecule has 1 aromatic heterocycles. The van der Waals surface area contributed by atoms with Crippen molar-refractivity contribution in [3.05, 3.63) is 94.2 Å². The lowest BCUT2D eigenvalue weighted by atomic mass is 9.93. The summed E-state index contributed by atoms with van der Waals surface area (Å²) in [4.78, 5) is 11.5. The van der Waals surface area contributed by atoms with Crippen molar-refractivity contribution in [1.29, 1.82) is 0 Å². The Kier molecular flexibility index (Phi) is 5.32. The van der Waals surface area contributed by atoms with E-state index in [-0.39, 0.29) is 12.6 Å². The summed E-state index contributed by atoms with van der Waals surface area (Å²) in [5.41, 5.74) is 4.29. The summed E-state index contributed by atoms with van der Waals surface area (Å²) in [6, 6.07) is 20.6. The highest BCUT2D eigenvalue weighted by Gasteiger charge is 2.31. The predicted octanol–water partition coefficient (Wildman–Crippen LogP) is 4.71. The first-order valence-corrected chi connectivity index (χ1v) is 9.78. The Bertz CT molecular complexity index is 944. The minimum atomic E-state index is 0.0259. The summed E-state index contributed by atoms with van der Waals surface area (Å²) in [5, 5.41) is 9.46. The molecule has 3 aromatic rings. The lowest BCUT2D eigenvalue weighted by Gasteiger charge is -2.39. The number of pyridine rings is 1. The standard InChI is InChI=1S/C22H20BrN3O/c23-18-9-10-20-19(14-18)21(16-6-2-1-3-7-16)26(12-5-13-27)22(25-20)17-8-4-11-24-15-17/h1-4,6-11,14-15,21,27H,5,12-13H2. The Morgan fingerprint density at radius 1 is 1.04 bits per heavy atom. The van der Waals surface area contributed by atoms with Gasteiger partial charge in [0.15, 0.2) is 0 Å². The van der Waals surface area contributed by atoms with Gasteiger partial charge in [-0.05, 0) is 42.3 Å². The molecular weight excluding hydrogens is 402 g/mol. The smallest absolute Gasteiger partial charge is 0.138 e. The number of hydrogen-bond donors (Lipinski definition) is 1. The predicted molar refractivity (Wildman–Crippen MR) is 111 cm³/mol. The Morgan fingerprint density at radius 3 is 2.63 bits per heavy atom. The fraction of sp³-hybridized carbons (Fsp3) is 0.182.